The second-order valence-corrected chi connectivity index (χ2v) is 3.40. The summed E-state index contributed by atoms with van der Waals surface area (Å²) in [5.74, 6) is 0.500. The van der Waals surface area contributed by atoms with E-state index >= 15 is 0 Å². The van der Waals surface area contributed by atoms with Crippen LogP contribution in [0.15, 0.2) is 12.4 Å². The summed E-state index contributed by atoms with van der Waals surface area (Å²) in [6.07, 6.45) is 3.55. The fraction of sp³-hybridized carbons (Fsp3) is 0.600. The molecule has 0 aliphatic carbocycles. The zero-order valence-corrected chi connectivity index (χ0v) is 8.33. The molecule has 3 heteroatoms. The predicted molar refractivity (Wildman–Crippen MR) is 53.3 cm³/mol. The molecule has 13 heavy (non-hydrogen) atoms. The van der Waals surface area contributed by atoms with Gasteiger partial charge in [0.2, 0.25) is 0 Å². The molecule has 1 aromatic heterocycles. The third-order valence-corrected chi connectivity index (χ3v) is 2.10. The van der Waals surface area contributed by atoms with Gasteiger partial charge in [-0.15, -0.1) is 0 Å². The predicted octanol–water partition coefficient (Wildman–Crippen LogP) is 1.18. The molecule has 0 aliphatic heterocycles. The molecule has 0 fully saturated rings. The van der Waals surface area contributed by atoms with Crippen LogP contribution in [-0.2, 0) is 12.8 Å². The average Bonchev–Trinajstić information content (AvgIpc) is 2.18. The first-order valence-electron chi connectivity index (χ1n) is 4.76. The molecule has 0 radical (unpaired) electrons. The summed E-state index contributed by atoms with van der Waals surface area (Å²) in [4.78, 5) is 8.36. The van der Waals surface area contributed by atoms with Gasteiger partial charge in [0.15, 0.2) is 0 Å². The molecule has 2 N–H and O–H groups in total. The Labute approximate surface area is 79.4 Å². The van der Waals surface area contributed by atoms with Crippen molar-refractivity contribution in [3.05, 3.63) is 23.8 Å². The van der Waals surface area contributed by atoms with Crippen molar-refractivity contribution in [1.29, 1.82) is 0 Å². The van der Waals surface area contributed by atoms with Gasteiger partial charge in [0.05, 0.1) is 0 Å². The van der Waals surface area contributed by atoms with E-state index in [4.69, 9.17) is 5.73 Å². The maximum absolute atomic E-state index is 5.55. The van der Waals surface area contributed by atoms with Crippen molar-refractivity contribution in [2.24, 2.45) is 11.7 Å². The summed E-state index contributed by atoms with van der Waals surface area (Å²) in [6, 6.07) is 2.06. The minimum atomic E-state index is 0.500. The van der Waals surface area contributed by atoms with E-state index in [1.807, 2.05) is 0 Å². The van der Waals surface area contributed by atoms with Crippen LogP contribution in [-0.4, -0.2) is 16.5 Å². The first kappa shape index (κ1) is 10.1. The van der Waals surface area contributed by atoms with Crippen molar-refractivity contribution >= 4 is 0 Å². The molecule has 1 rings (SSSR count). The standard InChI is InChI=1S/C10H17N3/c1-3-9-5-10(13-7-12-9)4-8(2)6-11/h5,7-8H,3-4,6,11H2,1-2H3. The maximum Gasteiger partial charge on any atom is 0.115 e. The molecule has 0 aliphatic rings. The van der Waals surface area contributed by atoms with Gasteiger partial charge < -0.3 is 5.73 Å². The van der Waals surface area contributed by atoms with Crippen molar-refractivity contribution in [3.8, 4) is 0 Å². The van der Waals surface area contributed by atoms with Gasteiger partial charge in [-0.3, -0.25) is 0 Å². The number of hydrogen-bond acceptors (Lipinski definition) is 3. The first-order chi connectivity index (χ1) is 6.26. The van der Waals surface area contributed by atoms with Crippen LogP contribution >= 0.6 is 0 Å². The normalized spacial score (nSPS) is 12.8. The molecule has 0 saturated heterocycles. The first-order valence-corrected chi connectivity index (χ1v) is 4.76. The molecular weight excluding hydrogens is 162 g/mol. The van der Waals surface area contributed by atoms with E-state index in [2.05, 4.69) is 29.9 Å². The second-order valence-electron chi connectivity index (χ2n) is 3.40. The Hall–Kier alpha value is -0.960. The molecule has 0 aromatic carbocycles. The number of rotatable bonds is 4. The largest absolute Gasteiger partial charge is 0.330 e. The highest BCUT2D eigenvalue weighted by molar-refractivity contribution is 5.08. The number of hydrogen-bond donors (Lipinski definition) is 1. The third kappa shape index (κ3) is 3.11. The summed E-state index contributed by atoms with van der Waals surface area (Å²) < 4.78 is 0. The van der Waals surface area contributed by atoms with Crippen molar-refractivity contribution in [2.75, 3.05) is 6.54 Å². The van der Waals surface area contributed by atoms with Crippen LogP contribution in [0.4, 0.5) is 0 Å². The molecule has 1 atom stereocenters. The maximum atomic E-state index is 5.55. The van der Waals surface area contributed by atoms with Gasteiger partial charge in [-0.05, 0) is 31.4 Å². The monoisotopic (exact) mass is 179 g/mol. The summed E-state index contributed by atoms with van der Waals surface area (Å²) in [5.41, 5.74) is 7.75. The van der Waals surface area contributed by atoms with E-state index in [1.54, 1.807) is 6.33 Å². The van der Waals surface area contributed by atoms with Crippen LogP contribution in [0.25, 0.3) is 0 Å². The van der Waals surface area contributed by atoms with Gasteiger partial charge in [0.1, 0.15) is 6.33 Å². The molecule has 0 spiro atoms. The van der Waals surface area contributed by atoms with E-state index in [0.717, 1.165) is 24.2 Å². The Morgan fingerprint density at radius 2 is 2.08 bits per heavy atom. The molecular formula is C10H17N3. The number of nitrogens with two attached hydrogens (primary N) is 1. The molecule has 0 bridgehead atoms. The molecule has 0 amide bonds. The van der Waals surface area contributed by atoms with Gasteiger partial charge in [0.25, 0.3) is 0 Å². The van der Waals surface area contributed by atoms with Crippen LogP contribution in [0.2, 0.25) is 0 Å². The quantitative estimate of drug-likeness (QED) is 0.755. The van der Waals surface area contributed by atoms with Gasteiger partial charge in [-0.1, -0.05) is 13.8 Å². The Morgan fingerprint density at radius 3 is 2.69 bits per heavy atom. The van der Waals surface area contributed by atoms with Gasteiger partial charge in [-0.2, -0.15) is 0 Å². The van der Waals surface area contributed by atoms with Crippen LogP contribution < -0.4 is 5.73 Å². The lowest BCUT2D eigenvalue weighted by Crippen LogP contribution is -2.14. The lowest BCUT2D eigenvalue weighted by Gasteiger charge is -2.07. The summed E-state index contributed by atoms with van der Waals surface area (Å²) in [5, 5.41) is 0. The van der Waals surface area contributed by atoms with Crippen LogP contribution in [0, 0.1) is 5.92 Å². The number of nitrogens with zero attached hydrogens (tertiary/aromatic N) is 2. The Morgan fingerprint density at radius 1 is 1.38 bits per heavy atom. The SMILES string of the molecule is CCc1cc(CC(C)CN)ncn1. The lowest BCUT2D eigenvalue weighted by atomic mass is 10.1. The van der Waals surface area contributed by atoms with Crippen molar-refractivity contribution in [1.82, 2.24) is 9.97 Å². The summed E-state index contributed by atoms with van der Waals surface area (Å²) in [6.45, 7) is 4.94. The Kier molecular flexibility index (Phi) is 3.83. The van der Waals surface area contributed by atoms with Gasteiger partial charge in [0, 0.05) is 11.4 Å². The van der Waals surface area contributed by atoms with E-state index < -0.39 is 0 Å². The number of aryl methyl sites for hydroxylation is 1. The zero-order chi connectivity index (χ0) is 9.68. The second kappa shape index (κ2) is 4.92. The Bertz CT molecular complexity index is 260. The minimum Gasteiger partial charge on any atom is -0.330 e. The smallest absolute Gasteiger partial charge is 0.115 e. The van der Waals surface area contributed by atoms with E-state index in [0.29, 0.717) is 12.5 Å². The topological polar surface area (TPSA) is 51.8 Å². The van der Waals surface area contributed by atoms with Crippen LogP contribution in [0.5, 0.6) is 0 Å². The highest BCUT2D eigenvalue weighted by Gasteiger charge is 2.03. The van der Waals surface area contributed by atoms with Crippen molar-refractivity contribution < 1.29 is 0 Å². The molecule has 1 unspecified atom stereocenters. The zero-order valence-electron chi connectivity index (χ0n) is 8.33. The van der Waals surface area contributed by atoms with E-state index in [9.17, 15) is 0 Å². The molecule has 1 heterocycles. The molecule has 72 valence electrons. The van der Waals surface area contributed by atoms with E-state index in [-0.39, 0.29) is 0 Å². The highest BCUT2D eigenvalue weighted by Crippen LogP contribution is 2.05. The molecule has 0 saturated carbocycles. The average molecular weight is 179 g/mol. The third-order valence-electron chi connectivity index (χ3n) is 2.10. The van der Waals surface area contributed by atoms with Crippen molar-refractivity contribution in [3.63, 3.8) is 0 Å². The number of aromatic nitrogens is 2. The van der Waals surface area contributed by atoms with Gasteiger partial charge >= 0.3 is 0 Å². The fourth-order valence-corrected chi connectivity index (χ4v) is 1.19. The van der Waals surface area contributed by atoms with Crippen LogP contribution in [0.3, 0.4) is 0 Å². The highest BCUT2D eigenvalue weighted by atomic mass is 14.8. The van der Waals surface area contributed by atoms with E-state index in [1.165, 1.54) is 0 Å². The summed E-state index contributed by atoms with van der Waals surface area (Å²) in [7, 11) is 0. The molecule has 3 nitrogen and oxygen atoms in total. The minimum absolute atomic E-state index is 0.500. The van der Waals surface area contributed by atoms with Crippen molar-refractivity contribution in [2.45, 2.75) is 26.7 Å². The van der Waals surface area contributed by atoms with Crippen LogP contribution in [0.1, 0.15) is 25.2 Å². The summed E-state index contributed by atoms with van der Waals surface area (Å²) >= 11 is 0. The van der Waals surface area contributed by atoms with Gasteiger partial charge in [-0.25, -0.2) is 9.97 Å². The molecule has 1 aromatic rings. The fourth-order valence-electron chi connectivity index (χ4n) is 1.19. The lowest BCUT2D eigenvalue weighted by molar-refractivity contribution is 0.582. The Balaban J connectivity index is 2.66.